The lowest BCUT2D eigenvalue weighted by Crippen LogP contribution is -2.57. The minimum atomic E-state index is -1.23. The molecule has 0 aliphatic carbocycles. The highest BCUT2D eigenvalue weighted by Gasteiger charge is 2.76. The highest BCUT2D eigenvalue weighted by Crippen LogP contribution is 2.60. The van der Waals surface area contributed by atoms with E-state index in [-0.39, 0.29) is 49.4 Å². The zero-order chi connectivity index (χ0) is 34.3. The van der Waals surface area contributed by atoms with Gasteiger partial charge in [-0.1, -0.05) is 88.7 Å². The lowest BCUT2D eigenvalue weighted by atomic mass is 9.70. The molecule has 7 atom stereocenters. The smallest absolute Gasteiger partial charge is 0.306 e. The number of nitrogens with one attached hydrogen (secondary N) is 1. The first kappa shape index (κ1) is 35.5. The Balaban J connectivity index is 1.45. The van der Waals surface area contributed by atoms with Gasteiger partial charge < -0.3 is 29.7 Å². The lowest BCUT2D eigenvalue weighted by molar-refractivity contribution is -0.148. The molecule has 10 nitrogen and oxygen atoms in total. The molecule has 2 aromatic carbocycles. The van der Waals surface area contributed by atoms with Crippen molar-refractivity contribution >= 4 is 39.6 Å². The predicted molar refractivity (Wildman–Crippen MR) is 184 cm³/mol. The van der Waals surface area contributed by atoms with Gasteiger partial charge in [0.2, 0.25) is 17.7 Å². The van der Waals surface area contributed by atoms with Crippen LogP contribution < -0.4 is 5.32 Å². The van der Waals surface area contributed by atoms with Crippen molar-refractivity contribution in [3.05, 3.63) is 97.1 Å². The number of hydrogen-bond donors (Lipinski definition) is 2. The van der Waals surface area contributed by atoms with Gasteiger partial charge >= 0.3 is 5.97 Å². The number of alkyl halides is 1. The number of hydrogen-bond acceptors (Lipinski definition) is 7. The SMILES string of the molecule is C=CCCC(=O)OC[C@@H](NC(=O)[C@H]1[C@@H]2O[C@@]3(CC2Br)[C@@H]1C(=O)N(CCCCO)[C@@H]3C(=O)N(CC=C)Cc1ccccc1)c1ccccc1. The normalized spacial score (nSPS) is 26.1. The number of halogens is 1. The first-order valence-corrected chi connectivity index (χ1v) is 17.5. The first-order valence-electron chi connectivity index (χ1n) is 16.5. The van der Waals surface area contributed by atoms with Gasteiger partial charge in [-0.15, -0.1) is 13.2 Å². The van der Waals surface area contributed by atoms with Gasteiger partial charge in [-0.3, -0.25) is 19.2 Å². The van der Waals surface area contributed by atoms with Gasteiger partial charge in [-0.05, 0) is 36.8 Å². The van der Waals surface area contributed by atoms with Crippen LogP contribution in [-0.4, -0.2) is 87.5 Å². The van der Waals surface area contributed by atoms with E-state index in [2.05, 4.69) is 34.4 Å². The summed E-state index contributed by atoms with van der Waals surface area (Å²) >= 11 is 3.74. The summed E-state index contributed by atoms with van der Waals surface area (Å²) in [7, 11) is 0. The minimum absolute atomic E-state index is 0.0437. The third-order valence-corrected chi connectivity index (χ3v) is 10.3. The molecule has 1 spiro atoms. The molecule has 256 valence electrons. The van der Waals surface area contributed by atoms with Gasteiger partial charge in [0.25, 0.3) is 0 Å². The van der Waals surface area contributed by atoms with Crippen LogP contribution in [0.2, 0.25) is 0 Å². The quantitative estimate of drug-likeness (QED) is 0.109. The van der Waals surface area contributed by atoms with Crippen LogP contribution in [0.4, 0.5) is 0 Å². The number of rotatable bonds is 17. The Hall–Kier alpha value is -3.80. The summed E-state index contributed by atoms with van der Waals surface area (Å²) < 4.78 is 12.2. The van der Waals surface area contributed by atoms with E-state index >= 15 is 0 Å². The number of amides is 3. The van der Waals surface area contributed by atoms with Gasteiger partial charge in [0.1, 0.15) is 18.2 Å². The number of nitrogens with zero attached hydrogens (tertiary/aromatic N) is 2. The first-order chi connectivity index (χ1) is 23.2. The van der Waals surface area contributed by atoms with Gasteiger partial charge in [0, 0.05) is 37.5 Å². The Kier molecular flexibility index (Phi) is 11.9. The number of fused-ring (bicyclic) bond motifs is 1. The molecule has 11 heteroatoms. The minimum Gasteiger partial charge on any atom is -0.463 e. The van der Waals surface area contributed by atoms with Crippen LogP contribution in [0.3, 0.4) is 0 Å². The summed E-state index contributed by atoms with van der Waals surface area (Å²) in [5, 5.41) is 12.6. The summed E-state index contributed by atoms with van der Waals surface area (Å²) in [5.41, 5.74) is 0.445. The van der Waals surface area contributed by atoms with Crippen LogP contribution in [0, 0.1) is 11.8 Å². The van der Waals surface area contributed by atoms with Crippen molar-refractivity contribution in [2.24, 2.45) is 11.8 Å². The van der Waals surface area contributed by atoms with Crippen molar-refractivity contribution in [3.8, 4) is 0 Å². The van der Waals surface area contributed by atoms with Gasteiger partial charge in [-0.25, -0.2) is 0 Å². The molecular formula is C37H44BrN3O7. The third-order valence-electron chi connectivity index (χ3n) is 9.49. The molecule has 3 amide bonds. The van der Waals surface area contributed by atoms with Crippen LogP contribution >= 0.6 is 15.9 Å². The van der Waals surface area contributed by atoms with E-state index in [1.807, 2.05) is 60.7 Å². The lowest BCUT2D eigenvalue weighted by Gasteiger charge is -2.37. The molecule has 3 aliphatic rings. The molecule has 0 radical (unpaired) electrons. The topological polar surface area (TPSA) is 125 Å². The largest absolute Gasteiger partial charge is 0.463 e. The number of aliphatic hydroxyl groups is 1. The second kappa shape index (κ2) is 16.1. The van der Waals surface area contributed by atoms with Gasteiger partial charge in [-0.2, -0.15) is 0 Å². The average molecular weight is 723 g/mol. The average Bonchev–Trinajstić information content (AvgIpc) is 3.69. The van der Waals surface area contributed by atoms with E-state index in [0.717, 1.165) is 11.1 Å². The van der Waals surface area contributed by atoms with E-state index in [0.29, 0.717) is 32.2 Å². The molecule has 2 N–H and O–H groups in total. The number of carbonyl (C=O) groups is 4. The summed E-state index contributed by atoms with van der Waals surface area (Å²) in [6.07, 6.45) is 4.63. The maximum atomic E-state index is 14.6. The van der Waals surface area contributed by atoms with E-state index in [4.69, 9.17) is 9.47 Å². The number of aliphatic hydroxyl groups excluding tert-OH is 1. The number of unbranched alkanes of at least 4 members (excludes halogenated alkanes) is 1. The molecule has 3 aliphatic heterocycles. The maximum absolute atomic E-state index is 14.6. The molecular weight excluding hydrogens is 678 g/mol. The number of likely N-dealkylation sites (tertiary alicyclic amines) is 1. The Morgan fingerprint density at radius 2 is 1.81 bits per heavy atom. The molecule has 0 saturated carbocycles. The number of carbonyl (C=O) groups excluding carboxylic acids is 4. The Morgan fingerprint density at radius 1 is 1.10 bits per heavy atom. The monoisotopic (exact) mass is 721 g/mol. The fraction of sp³-hybridized carbons (Fsp3) is 0.459. The predicted octanol–water partition coefficient (Wildman–Crippen LogP) is 4.09. The fourth-order valence-electron chi connectivity index (χ4n) is 7.35. The van der Waals surface area contributed by atoms with Crippen LogP contribution in [0.5, 0.6) is 0 Å². The van der Waals surface area contributed by atoms with Crippen LogP contribution in [0.25, 0.3) is 0 Å². The molecule has 48 heavy (non-hydrogen) atoms. The second-order valence-corrected chi connectivity index (χ2v) is 13.8. The number of ether oxygens (including phenoxy) is 2. The summed E-state index contributed by atoms with van der Waals surface area (Å²) in [6, 6.07) is 17.2. The summed E-state index contributed by atoms with van der Waals surface area (Å²) in [4.78, 5) is 58.7. The van der Waals surface area contributed by atoms with Crippen LogP contribution in [0.15, 0.2) is 86.0 Å². The number of benzene rings is 2. The molecule has 5 rings (SSSR count). The van der Waals surface area contributed by atoms with Crippen molar-refractivity contribution in [1.82, 2.24) is 15.1 Å². The zero-order valence-electron chi connectivity index (χ0n) is 27.0. The van der Waals surface area contributed by atoms with E-state index in [1.165, 1.54) is 0 Å². The van der Waals surface area contributed by atoms with Gasteiger partial charge in [0.05, 0.1) is 24.0 Å². The highest BCUT2D eigenvalue weighted by atomic mass is 79.9. The molecule has 3 heterocycles. The van der Waals surface area contributed by atoms with E-state index in [1.54, 1.807) is 22.0 Å². The highest BCUT2D eigenvalue weighted by molar-refractivity contribution is 9.09. The Labute approximate surface area is 290 Å². The molecule has 2 aromatic rings. The number of allylic oxidation sites excluding steroid dienone is 1. The van der Waals surface area contributed by atoms with Gasteiger partial charge in [0.15, 0.2) is 0 Å². The van der Waals surface area contributed by atoms with Crippen molar-refractivity contribution in [2.75, 3.05) is 26.3 Å². The van der Waals surface area contributed by atoms with Crippen LogP contribution in [0.1, 0.15) is 49.3 Å². The van der Waals surface area contributed by atoms with Crippen molar-refractivity contribution in [1.29, 1.82) is 0 Å². The van der Waals surface area contributed by atoms with Crippen LogP contribution in [-0.2, 0) is 35.2 Å². The summed E-state index contributed by atoms with van der Waals surface area (Å²) in [6.45, 7) is 8.20. The molecule has 1 unspecified atom stereocenters. The van der Waals surface area contributed by atoms with Crippen molar-refractivity contribution < 1.29 is 33.8 Å². The Morgan fingerprint density at radius 3 is 2.48 bits per heavy atom. The van der Waals surface area contributed by atoms with Crippen molar-refractivity contribution in [3.63, 3.8) is 0 Å². The molecule has 3 saturated heterocycles. The summed E-state index contributed by atoms with van der Waals surface area (Å²) in [5.74, 6) is -3.17. The zero-order valence-corrected chi connectivity index (χ0v) is 28.6. The maximum Gasteiger partial charge on any atom is 0.306 e. The second-order valence-electron chi connectivity index (χ2n) is 12.6. The molecule has 3 fully saturated rings. The van der Waals surface area contributed by atoms with E-state index < -0.39 is 47.5 Å². The standard InChI is InChI=1S/C37H44BrN3O7/c1-3-5-18-29(43)47-24-28(26-16-10-7-11-17-26)39-34(44)30-31-35(45)41(20-12-13-21-42)33(37(31)22-27(38)32(30)48-37)36(46)40(19-4-2)23-25-14-8-6-9-15-25/h3-4,6-11,14-17,27-28,30-33,42H,1-2,5,12-13,18-24H2,(H,39,44)/t27?,28-,30-,31+,32-,33-,37+/m1/s1. The third kappa shape index (κ3) is 7.28. The van der Waals surface area contributed by atoms with Crippen molar-refractivity contribution in [2.45, 2.75) is 67.3 Å². The van der Waals surface area contributed by atoms with E-state index in [9.17, 15) is 24.3 Å². The molecule has 2 bridgehead atoms. The number of esters is 1. The Bertz CT molecular complexity index is 1470. The molecule has 0 aromatic heterocycles. The fourth-order valence-corrected chi connectivity index (χ4v) is 8.29.